The van der Waals surface area contributed by atoms with Crippen LogP contribution in [0.5, 0.6) is 0 Å². The molecule has 0 aliphatic rings. The Hall–Kier alpha value is -0.160. The zero-order valence-corrected chi connectivity index (χ0v) is 15.0. The Morgan fingerprint density at radius 1 is 1.16 bits per heavy atom. The molecule has 1 nitrogen and oxygen atoms in total. The molecule has 0 aliphatic heterocycles. The van der Waals surface area contributed by atoms with Gasteiger partial charge in [-0.25, -0.2) is 0 Å². The van der Waals surface area contributed by atoms with Crippen molar-refractivity contribution < 1.29 is 0 Å². The number of hydrogen-bond acceptors (Lipinski definition) is 2. The quantitative estimate of drug-likeness (QED) is 0.711. The summed E-state index contributed by atoms with van der Waals surface area (Å²) in [5.41, 5.74) is 2.77. The van der Waals surface area contributed by atoms with Crippen LogP contribution in [0.2, 0.25) is 0 Å². The minimum absolute atomic E-state index is 0.361. The van der Waals surface area contributed by atoms with Gasteiger partial charge in [-0.3, -0.25) is 0 Å². The second kappa shape index (κ2) is 7.02. The monoisotopic (exact) mass is 401 g/mol. The van der Waals surface area contributed by atoms with Gasteiger partial charge in [0.25, 0.3) is 0 Å². The van der Waals surface area contributed by atoms with E-state index in [2.05, 4.69) is 74.4 Å². The lowest BCUT2D eigenvalue weighted by atomic mass is 10.0. The molecule has 2 aromatic rings. The standard InChI is InChI=1S/C15H17Br2NS/c1-3-10-4-6-11(7-5-10)8-13(18-2)14-9-12(16)15(17)19-14/h4-7,9,13,18H,3,8H2,1-2H3. The maximum Gasteiger partial charge on any atom is 0.0843 e. The first-order valence-corrected chi connectivity index (χ1v) is 8.74. The molecule has 0 saturated carbocycles. The minimum atomic E-state index is 0.361. The normalized spacial score (nSPS) is 12.6. The third-order valence-electron chi connectivity index (χ3n) is 3.23. The first kappa shape index (κ1) is 15.2. The van der Waals surface area contributed by atoms with Crippen molar-refractivity contribution in [2.75, 3.05) is 7.05 Å². The highest BCUT2D eigenvalue weighted by molar-refractivity contribution is 9.13. The number of aryl methyl sites for hydroxylation is 1. The zero-order chi connectivity index (χ0) is 13.8. The largest absolute Gasteiger partial charge is 0.312 e. The molecule has 0 bridgehead atoms. The summed E-state index contributed by atoms with van der Waals surface area (Å²) in [5, 5.41) is 3.40. The lowest BCUT2D eigenvalue weighted by Gasteiger charge is -2.14. The molecule has 0 saturated heterocycles. The predicted molar refractivity (Wildman–Crippen MR) is 91.0 cm³/mol. The SMILES string of the molecule is CCc1ccc(CC(NC)c2cc(Br)c(Br)s2)cc1. The van der Waals surface area contributed by atoms with E-state index in [-0.39, 0.29) is 0 Å². The summed E-state index contributed by atoms with van der Waals surface area (Å²) in [6, 6.07) is 11.5. The van der Waals surface area contributed by atoms with Gasteiger partial charge >= 0.3 is 0 Å². The summed E-state index contributed by atoms with van der Waals surface area (Å²) < 4.78 is 2.29. The van der Waals surface area contributed by atoms with Crippen LogP contribution in [0.15, 0.2) is 38.6 Å². The Morgan fingerprint density at radius 3 is 2.26 bits per heavy atom. The zero-order valence-electron chi connectivity index (χ0n) is 11.0. The van der Waals surface area contributed by atoms with E-state index in [1.165, 1.54) is 16.0 Å². The van der Waals surface area contributed by atoms with Gasteiger partial charge in [0.2, 0.25) is 0 Å². The fraction of sp³-hybridized carbons (Fsp3) is 0.333. The molecule has 1 N–H and O–H groups in total. The molecule has 1 unspecified atom stereocenters. The summed E-state index contributed by atoms with van der Waals surface area (Å²) in [4.78, 5) is 1.35. The van der Waals surface area contributed by atoms with Crippen LogP contribution in [0.25, 0.3) is 0 Å². The lowest BCUT2D eigenvalue weighted by molar-refractivity contribution is 0.602. The Kier molecular flexibility index (Phi) is 5.63. The molecule has 1 heterocycles. The number of thiophene rings is 1. The number of nitrogens with one attached hydrogen (secondary N) is 1. The molecule has 19 heavy (non-hydrogen) atoms. The van der Waals surface area contributed by atoms with Crippen molar-refractivity contribution in [3.05, 3.63) is 54.6 Å². The van der Waals surface area contributed by atoms with Crippen LogP contribution in [0.3, 0.4) is 0 Å². The van der Waals surface area contributed by atoms with Crippen LogP contribution in [0.1, 0.15) is 29.0 Å². The van der Waals surface area contributed by atoms with Crippen molar-refractivity contribution in [2.24, 2.45) is 0 Å². The molecule has 102 valence electrons. The number of likely N-dealkylation sites (N-methyl/N-ethyl adjacent to an activating group) is 1. The Balaban J connectivity index is 2.13. The number of hydrogen-bond donors (Lipinski definition) is 1. The first-order valence-electron chi connectivity index (χ1n) is 6.33. The molecule has 1 atom stereocenters. The summed E-state index contributed by atoms with van der Waals surface area (Å²) in [6.45, 7) is 2.19. The fourth-order valence-electron chi connectivity index (χ4n) is 2.03. The second-order valence-electron chi connectivity index (χ2n) is 4.49. The van der Waals surface area contributed by atoms with Gasteiger partial charge in [0.15, 0.2) is 0 Å². The van der Waals surface area contributed by atoms with E-state index < -0.39 is 0 Å². The summed E-state index contributed by atoms with van der Waals surface area (Å²) in [6.07, 6.45) is 2.11. The third-order valence-corrected chi connectivity index (χ3v) is 6.60. The highest BCUT2D eigenvalue weighted by Crippen LogP contribution is 2.36. The van der Waals surface area contributed by atoms with Crippen molar-refractivity contribution >= 4 is 43.2 Å². The summed E-state index contributed by atoms with van der Waals surface area (Å²) in [7, 11) is 2.02. The number of benzene rings is 1. The van der Waals surface area contributed by atoms with Crippen molar-refractivity contribution in [1.29, 1.82) is 0 Å². The molecule has 1 aromatic heterocycles. The van der Waals surface area contributed by atoms with Gasteiger partial charge in [0.1, 0.15) is 0 Å². The minimum Gasteiger partial charge on any atom is -0.312 e. The smallest absolute Gasteiger partial charge is 0.0843 e. The molecule has 4 heteroatoms. The molecule has 0 spiro atoms. The van der Waals surface area contributed by atoms with E-state index in [1.807, 2.05) is 7.05 Å². The molecule has 0 aliphatic carbocycles. The Bertz CT molecular complexity index is 514. The molecular formula is C15H17Br2NS. The number of halogens is 2. The molecule has 1 aromatic carbocycles. The highest BCUT2D eigenvalue weighted by atomic mass is 79.9. The van der Waals surface area contributed by atoms with Crippen molar-refractivity contribution in [3.8, 4) is 0 Å². The van der Waals surface area contributed by atoms with Crippen LogP contribution in [0.4, 0.5) is 0 Å². The molecular weight excluding hydrogens is 386 g/mol. The van der Waals surface area contributed by atoms with E-state index >= 15 is 0 Å². The van der Waals surface area contributed by atoms with Crippen LogP contribution in [-0.2, 0) is 12.8 Å². The topological polar surface area (TPSA) is 12.0 Å². The van der Waals surface area contributed by atoms with E-state index in [0.717, 1.165) is 21.1 Å². The van der Waals surface area contributed by atoms with Crippen molar-refractivity contribution in [2.45, 2.75) is 25.8 Å². The van der Waals surface area contributed by atoms with E-state index in [4.69, 9.17) is 0 Å². The fourth-order valence-corrected chi connectivity index (χ4v) is 4.23. The molecule has 0 radical (unpaired) electrons. The average Bonchev–Trinajstić information content (AvgIpc) is 2.76. The van der Waals surface area contributed by atoms with E-state index in [1.54, 1.807) is 11.3 Å². The molecule has 0 amide bonds. The molecule has 2 rings (SSSR count). The third kappa shape index (κ3) is 3.91. The van der Waals surface area contributed by atoms with Crippen molar-refractivity contribution in [1.82, 2.24) is 5.32 Å². The van der Waals surface area contributed by atoms with Crippen LogP contribution in [-0.4, -0.2) is 7.05 Å². The van der Waals surface area contributed by atoms with Gasteiger partial charge in [-0.05, 0) is 68.9 Å². The highest BCUT2D eigenvalue weighted by Gasteiger charge is 2.14. The Morgan fingerprint density at radius 2 is 1.79 bits per heavy atom. The summed E-state index contributed by atoms with van der Waals surface area (Å²) in [5.74, 6) is 0. The average molecular weight is 403 g/mol. The Labute approximate surface area is 135 Å². The van der Waals surface area contributed by atoms with Gasteiger partial charge in [-0.1, -0.05) is 31.2 Å². The van der Waals surface area contributed by atoms with E-state index in [9.17, 15) is 0 Å². The van der Waals surface area contributed by atoms with E-state index in [0.29, 0.717) is 6.04 Å². The van der Waals surface area contributed by atoms with Gasteiger partial charge in [0.05, 0.1) is 3.79 Å². The van der Waals surface area contributed by atoms with Crippen LogP contribution >= 0.6 is 43.2 Å². The van der Waals surface area contributed by atoms with Gasteiger partial charge in [0, 0.05) is 15.4 Å². The summed E-state index contributed by atoms with van der Waals surface area (Å²) >= 11 is 8.90. The van der Waals surface area contributed by atoms with Crippen molar-refractivity contribution in [3.63, 3.8) is 0 Å². The maximum absolute atomic E-state index is 3.56. The lowest BCUT2D eigenvalue weighted by Crippen LogP contribution is -2.17. The number of rotatable bonds is 5. The van der Waals surface area contributed by atoms with Crippen LogP contribution < -0.4 is 5.32 Å². The predicted octanol–water partition coefficient (Wildman–Crippen LogP) is 5.34. The first-order chi connectivity index (χ1) is 9.13. The maximum atomic E-state index is 3.56. The van der Waals surface area contributed by atoms with Gasteiger partial charge in [-0.15, -0.1) is 11.3 Å². The van der Waals surface area contributed by atoms with Gasteiger partial charge in [-0.2, -0.15) is 0 Å². The van der Waals surface area contributed by atoms with Crippen LogP contribution in [0, 0.1) is 0 Å². The second-order valence-corrected chi connectivity index (χ2v) is 7.74. The van der Waals surface area contributed by atoms with Gasteiger partial charge < -0.3 is 5.32 Å². The molecule has 0 fully saturated rings.